The van der Waals surface area contributed by atoms with Crippen molar-refractivity contribution >= 4 is 23.2 Å². The van der Waals surface area contributed by atoms with E-state index in [2.05, 4.69) is 20.4 Å². The van der Waals surface area contributed by atoms with Crippen molar-refractivity contribution in [3.8, 4) is 11.1 Å². The van der Waals surface area contributed by atoms with Crippen LogP contribution in [-0.4, -0.2) is 31.8 Å². The van der Waals surface area contributed by atoms with Gasteiger partial charge in [0.2, 0.25) is 0 Å². The second kappa shape index (κ2) is 6.31. The predicted molar refractivity (Wildman–Crippen MR) is 80.2 cm³/mol. The van der Waals surface area contributed by atoms with Crippen LogP contribution in [0.5, 0.6) is 0 Å². The lowest BCUT2D eigenvalue weighted by atomic mass is 10.1. The van der Waals surface area contributed by atoms with Crippen molar-refractivity contribution < 1.29 is 26.3 Å². The fourth-order valence-corrected chi connectivity index (χ4v) is 2.50. The molecule has 0 aliphatic carbocycles. The van der Waals surface area contributed by atoms with Crippen molar-refractivity contribution in [2.45, 2.75) is 19.1 Å². The molecule has 3 rings (SSSR count). The molecule has 0 aliphatic rings. The summed E-state index contributed by atoms with van der Waals surface area (Å²) in [4.78, 5) is 7.44. The Labute approximate surface area is 146 Å². The molecule has 1 N–H and O–H groups in total. The second-order valence-corrected chi connectivity index (χ2v) is 5.61. The van der Waals surface area contributed by atoms with E-state index < -0.39 is 51.8 Å². The maximum atomic E-state index is 14.2. The van der Waals surface area contributed by atoms with Gasteiger partial charge < -0.3 is 5.32 Å². The molecule has 0 fully saturated rings. The third-order valence-corrected chi connectivity index (χ3v) is 3.76. The largest absolute Gasteiger partial charge is 0.408 e. The van der Waals surface area contributed by atoms with Gasteiger partial charge in [-0.3, -0.25) is 0 Å². The summed E-state index contributed by atoms with van der Waals surface area (Å²) in [7, 11) is 0. The first-order chi connectivity index (χ1) is 12.1. The topological polar surface area (TPSA) is 55.1 Å². The summed E-state index contributed by atoms with van der Waals surface area (Å²) >= 11 is 5.94. The Kier molecular flexibility index (Phi) is 4.42. The number of hydrogen-bond donors (Lipinski definition) is 1. The Morgan fingerprint density at radius 3 is 2.31 bits per heavy atom. The highest BCUT2D eigenvalue weighted by atomic mass is 35.5. The molecule has 0 unspecified atom stereocenters. The summed E-state index contributed by atoms with van der Waals surface area (Å²) in [6.07, 6.45) is -3.71. The molecule has 12 heteroatoms. The van der Waals surface area contributed by atoms with Gasteiger partial charge in [0.1, 0.15) is 40.8 Å². The first-order valence-electron chi connectivity index (χ1n) is 6.97. The molecule has 0 aliphatic heterocycles. The molecule has 0 bridgehead atoms. The van der Waals surface area contributed by atoms with Crippen LogP contribution in [0.15, 0.2) is 18.5 Å². The smallest absolute Gasteiger partial charge is 0.358 e. The number of rotatable bonds is 3. The van der Waals surface area contributed by atoms with Gasteiger partial charge in [-0.1, -0.05) is 11.6 Å². The maximum absolute atomic E-state index is 14.2. The van der Waals surface area contributed by atoms with Gasteiger partial charge in [-0.2, -0.15) is 32.8 Å². The van der Waals surface area contributed by atoms with Crippen molar-refractivity contribution in [2.24, 2.45) is 0 Å². The number of alkyl halides is 3. The maximum Gasteiger partial charge on any atom is 0.408 e. The molecular weight excluding hydrogens is 388 g/mol. The van der Waals surface area contributed by atoms with Crippen LogP contribution in [0.2, 0.25) is 5.15 Å². The zero-order valence-electron chi connectivity index (χ0n) is 12.7. The summed E-state index contributed by atoms with van der Waals surface area (Å²) in [6, 6.07) is -1.38. The monoisotopic (exact) mass is 395 g/mol. The second-order valence-electron chi connectivity index (χ2n) is 5.25. The van der Waals surface area contributed by atoms with Crippen molar-refractivity contribution in [2.75, 3.05) is 5.32 Å². The molecule has 0 saturated heterocycles. The molecule has 138 valence electrons. The summed E-state index contributed by atoms with van der Waals surface area (Å²) in [5.41, 5.74) is -1.39. The summed E-state index contributed by atoms with van der Waals surface area (Å²) < 4.78 is 81.2. The lowest BCUT2D eigenvalue weighted by molar-refractivity contribution is -0.138. The molecule has 0 radical (unpaired) electrons. The van der Waals surface area contributed by atoms with E-state index in [9.17, 15) is 26.3 Å². The molecule has 0 saturated carbocycles. The van der Waals surface area contributed by atoms with Crippen LogP contribution in [0, 0.1) is 17.5 Å². The molecule has 0 amide bonds. The molecule has 26 heavy (non-hydrogen) atoms. The average molecular weight is 396 g/mol. The highest BCUT2D eigenvalue weighted by Gasteiger charge is 2.37. The lowest BCUT2D eigenvalue weighted by Crippen LogP contribution is -2.34. The number of nitrogens with zero attached hydrogens (tertiary/aromatic N) is 4. The quantitative estimate of drug-likeness (QED) is 0.533. The molecule has 1 aromatic carbocycles. The van der Waals surface area contributed by atoms with E-state index in [0.717, 1.165) is 17.8 Å². The van der Waals surface area contributed by atoms with Crippen LogP contribution in [0.4, 0.5) is 32.2 Å². The van der Waals surface area contributed by atoms with Crippen LogP contribution >= 0.6 is 11.6 Å². The standard InChI is InChI=1S/C14H8ClF6N5/c1-5(14(19,20)21)24-12-10(9-7(17)2-6(16)3-8(9)18)11(15)25-13-22-4-23-26(12)13/h2-5,24H,1H3/t5-/m1/s1. The van der Waals surface area contributed by atoms with Gasteiger partial charge in [0, 0.05) is 12.1 Å². The predicted octanol–water partition coefficient (Wildman–Crippen LogP) is 4.22. The highest BCUT2D eigenvalue weighted by molar-refractivity contribution is 6.33. The molecule has 3 aromatic rings. The number of benzene rings is 1. The minimum Gasteiger partial charge on any atom is -0.358 e. The third kappa shape index (κ3) is 3.14. The van der Waals surface area contributed by atoms with Gasteiger partial charge in [-0.05, 0) is 6.92 Å². The van der Waals surface area contributed by atoms with Crippen molar-refractivity contribution in [3.05, 3.63) is 41.1 Å². The van der Waals surface area contributed by atoms with E-state index in [0.29, 0.717) is 12.1 Å². The zero-order chi connectivity index (χ0) is 19.2. The number of aromatic nitrogens is 4. The summed E-state index contributed by atoms with van der Waals surface area (Å²) in [5.74, 6) is -4.63. The Morgan fingerprint density at radius 1 is 1.12 bits per heavy atom. The molecule has 0 spiro atoms. The molecule has 1 atom stereocenters. The van der Waals surface area contributed by atoms with Crippen LogP contribution < -0.4 is 5.32 Å². The minimum atomic E-state index is -4.68. The van der Waals surface area contributed by atoms with Gasteiger partial charge in [0.05, 0.1) is 11.1 Å². The average Bonchev–Trinajstić information content (AvgIpc) is 2.95. The lowest BCUT2D eigenvalue weighted by Gasteiger charge is -2.21. The first-order valence-corrected chi connectivity index (χ1v) is 7.34. The Bertz CT molecular complexity index is 963. The van der Waals surface area contributed by atoms with Crippen LogP contribution in [-0.2, 0) is 0 Å². The van der Waals surface area contributed by atoms with Gasteiger partial charge in [0.15, 0.2) is 0 Å². The zero-order valence-corrected chi connectivity index (χ0v) is 13.5. The van der Waals surface area contributed by atoms with Crippen molar-refractivity contribution in [1.29, 1.82) is 0 Å². The highest BCUT2D eigenvalue weighted by Crippen LogP contribution is 2.38. The number of nitrogens with one attached hydrogen (secondary N) is 1. The van der Waals surface area contributed by atoms with Gasteiger partial charge in [0.25, 0.3) is 5.78 Å². The van der Waals surface area contributed by atoms with Crippen LogP contribution in [0.25, 0.3) is 16.9 Å². The summed E-state index contributed by atoms with van der Waals surface area (Å²) in [6.45, 7) is 0.790. The fourth-order valence-electron chi connectivity index (χ4n) is 2.24. The molecular formula is C14H8ClF6N5. The SMILES string of the molecule is C[C@@H](Nc1c(-c2c(F)cc(F)cc2F)c(Cl)nc2ncnn12)C(F)(F)F. The Hall–Kier alpha value is -2.56. The van der Waals surface area contributed by atoms with Gasteiger partial charge >= 0.3 is 6.18 Å². The van der Waals surface area contributed by atoms with Crippen LogP contribution in [0.3, 0.4) is 0 Å². The molecule has 2 aromatic heterocycles. The first kappa shape index (κ1) is 18.2. The van der Waals surface area contributed by atoms with Crippen LogP contribution in [0.1, 0.15) is 6.92 Å². The van der Waals surface area contributed by atoms with E-state index >= 15 is 0 Å². The number of halogens is 7. The number of anilines is 1. The third-order valence-electron chi connectivity index (χ3n) is 3.48. The summed E-state index contributed by atoms with van der Waals surface area (Å²) in [5, 5.41) is 5.23. The minimum absolute atomic E-state index is 0.196. The van der Waals surface area contributed by atoms with E-state index in [1.54, 1.807) is 0 Å². The van der Waals surface area contributed by atoms with E-state index in [1.165, 1.54) is 0 Å². The Morgan fingerprint density at radius 2 is 1.73 bits per heavy atom. The molecule has 2 heterocycles. The Balaban J connectivity index is 2.32. The van der Waals surface area contributed by atoms with Crippen molar-refractivity contribution in [1.82, 2.24) is 19.6 Å². The number of fused-ring (bicyclic) bond motifs is 1. The number of hydrogen-bond acceptors (Lipinski definition) is 4. The van der Waals surface area contributed by atoms with Crippen molar-refractivity contribution in [3.63, 3.8) is 0 Å². The normalized spacial score (nSPS) is 13.2. The molecule has 5 nitrogen and oxygen atoms in total. The fraction of sp³-hybridized carbons (Fsp3) is 0.214. The van der Waals surface area contributed by atoms with E-state index in [1.807, 2.05) is 0 Å². The van der Waals surface area contributed by atoms with Gasteiger partial charge in [-0.25, -0.2) is 13.2 Å². The van der Waals surface area contributed by atoms with Gasteiger partial charge in [-0.15, -0.1) is 0 Å². The van der Waals surface area contributed by atoms with E-state index in [4.69, 9.17) is 11.6 Å². The van der Waals surface area contributed by atoms with E-state index in [-0.39, 0.29) is 5.78 Å².